The summed E-state index contributed by atoms with van der Waals surface area (Å²) in [6.07, 6.45) is 1.79. The van der Waals surface area contributed by atoms with Gasteiger partial charge in [0.15, 0.2) is 0 Å². The topological polar surface area (TPSA) is 43.8 Å². The van der Waals surface area contributed by atoms with Gasteiger partial charge in [-0.3, -0.25) is 4.57 Å². The Morgan fingerprint density at radius 2 is 1.18 bits per heavy atom. The zero-order valence-electron chi connectivity index (χ0n) is 15.5. The van der Waals surface area contributed by atoms with Gasteiger partial charge in [0.25, 0.3) is 6.08 Å². The molecule has 4 heteroatoms. The summed E-state index contributed by atoms with van der Waals surface area (Å²) >= 11 is 0. The molecule has 2 N–H and O–H groups in total. The number of aromatic nitrogens is 2. The first-order valence-corrected chi connectivity index (χ1v) is 9.37. The third-order valence-corrected chi connectivity index (χ3v) is 5.05. The van der Waals surface area contributed by atoms with Crippen molar-refractivity contribution in [2.24, 2.45) is 5.73 Å². The van der Waals surface area contributed by atoms with E-state index >= 15 is 4.39 Å². The highest BCUT2D eigenvalue weighted by Crippen LogP contribution is 2.41. The number of nitrogens with zero attached hydrogens (tertiary/aromatic N) is 2. The molecule has 3 nitrogen and oxygen atoms in total. The van der Waals surface area contributed by atoms with Crippen LogP contribution in [0.1, 0.15) is 22.4 Å². The van der Waals surface area contributed by atoms with Crippen molar-refractivity contribution >= 4 is 0 Å². The number of hydrogen-bond acceptors (Lipinski definition) is 2. The number of halogens is 1. The van der Waals surface area contributed by atoms with Crippen LogP contribution in [0.5, 0.6) is 0 Å². The van der Waals surface area contributed by atoms with Crippen LogP contribution in [0, 0.1) is 6.08 Å². The second-order valence-corrected chi connectivity index (χ2v) is 6.72. The minimum absolute atomic E-state index is 0.422. The molecule has 1 aromatic heterocycles. The summed E-state index contributed by atoms with van der Waals surface area (Å²) in [7, 11) is 0. The lowest BCUT2D eigenvalue weighted by atomic mass is 9.76. The summed E-state index contributed by atoms with van der Waals surface area (Å²) in [6.45, 7) is 0.422. The van der Waals surface area contributed by atoms with E-state index in [0.717, 1.165) is 16.7 Å². The first kappa shape index (κ1) is 18.1. The molecule has 140 valence electrons. The van der Waals surface area contributed by atoms with E-state index < -0.39 is 11.6 Å². The van der Waals surface area contributed by atoms with E-state index in [1.807, 2.05) is 91.0 Å². The summed E-state index contributed by atoms with van der Waals surface area (Å²) in [5, 5.41) is 0. The zero-order valence-corrected chi connectivity index (χ0v) is 15.5. The van der Waals surface area contributed by atoms with Gasteiger partial charge in [-0.1, -0.05) is 91.0 Å². The molecular weight excluding hydrogens is 349 g/mol. The van der Waals surface area contributed by atoms with E-state index in [-0.39, 0.29) is 0 Å². The van der Waals surface area contributed by atoms with Gasteiger partial charge < -0.3 is 5.73 Å². The van der Waals surface area contributed by atoms with Crippen molar-refractivity contribution in [3.63, 3.8) is 0 Å². The predicted molar refractivity (Wildman–Crippen MR) is 110 cm³/mol. The Morgan fingerprint density at radius 1 is 0.750 bits per heavy atom. The highest BCUT2D eigenvalue weighted by molar-refractivity contribution is 5.50. The van der Waals surface area contributed by atoms with Gasteiger partial charge in [-0.25, -0.2) is 4.98 Å². The molecule has 0 aliphatic rings. The summed E-state index contributed by atoms with van der Waals surface area (Å²) in [5.74, 6) is 0. The lowest BCUT2D eigenvalue weighted by Crippen LogP contribution is -2.38. The van der Waals surface area contributed by atoms with Crippen molar-refractivity contribution < 1.29 is 4.39 Å². The second kappa shape index (κ2) is 7.79. The van der Waals surface area contributed by atoms with E-state index in [0.29, 0.717) is 18.7 Å². The molecule has 0 fully saturated rings. The number of rotatable bonds is 6. The Hall–Kier alpha value is -3.24. The average Bonchev–Trinajstić information content (AvgIpc) is 3.12. The van der Waals surface area contributed by atoms with Crippen molar-refractivity contribution in [3.05, 3.63) is 126 Å². The first-order chi connectivity index (χ1) is 13.8. The molecule has 28 heavy (non-hydrogen) atoms. The fourth-order valence-electron chi connectivity index (χ4n) is 3.86. The van der Waals surface area contributed by atoms with Crippen LogP contribution >= 0.6 is 0 Å². The number of hydrogen-bond donors (Lipinski definition) is 1. The van der Waals surface area contributed by atoms with Gasteiger partial charge in [-0.05, 0) is 23.2 Å². The normalized spacial score (nSPS) is 11.5. The van der Waals surface area contributed by atoms with Gasteiger partial charge >= 0.3 is 0 Å². The van der Waals surface area contributed by atoms with Gasteiger partial charge in [0, 0.05) is 12.6 Å². The molecule has 0 aliphatic carbocycles. The molecule has 0 aliphatic heterocycles. The fourth-order valence-corrected chi connectivity index (χ4v) is 3.86. The SMILES string of the molecule is NCCc1cn(C(c2ccccc2)(c2ccccc2)c2ccccc2)c(F)n1. The molecule has 0 bridgehead atoms. The quantitative estimate of drug-likeness (QED) is 0.512. The molecule has 0 amide bonds. The summed E-state index contributed by atoms with van der Waals surface area (Å²) < 4.78 is 16.9. The van der Waals surface area contributed by atoms with Gasteiger partial charge in [-0.2, -0.15) is 4.39 Å². The van der Waals surface area contributed by atoms with Gasteiger partial charge in [0.2, 0.25) is 0 Å². The summed E-state index contributed by atoms with van der Waals surface area (Å²) in [5.41, 5.74) is 8.34. The van der Waals surface area contributed by atoms with E-state index in [1.54, 1.807) is 10.8 Å². The smallest absolute Gasteiger partial charge is 0.290 e. The predicted octanol–water partition coefficient (Wildman–Crippen LogP) is 4.36. The summed E-state index contributed by atoms with van der Waals surface area (Å²) in [4.78, 5) is 4.16. The summed E-state index contributed by atoms with van der Waals surface area (Å²) in [6, 6.07) is 29.9. The van der Waals surface area contributed by atoms with E-state index in [1.165, 1.54) is 0 Å². The lowest BCUT2D eigenvalue weighted by molar-refractivity contribution is 0.397. The molecule has 4 rings (SSSR count). The molecule has 3 aromatic carbocycles. The monoisotopic (exact) mass is 371 g/mol. The highest BCUT2D eigenvalue weighted by Gasteiger charge is 2.40. The van der Waals surface area contributed by atoms with Crippen LogP contribution in [0.2, 0.25) is 0 Å². The van der Waals surface area contributed by atoms with E-state index in [2.05, 4.69) is 4.98 Å². The van der Waals surface area contributed by atoms with Crippen LogP contribution < -0.4 is 5.73 Å². The number of nitrogens with two attached hydrogens (primary N) is 1. The Bertz CT molecular complexity index is 931. The Labute approximate surface area is 164 Å². The molecule has 0 saturated carbocycles. The Balaban J connectivity index is 2.11. The van der Waals surface area contributed by atoms with Crippen molar-refractivity contribution in [1.29, 1.82) is 0 Å². The maximum absolute atomic E-state index is 15.3. The van der Waals surface area contributed by atoms with Crippen LogP contribution in [0.15, 0.2) is 97.2 Å². The molecule has 1 heterocycles. The number of benzene rings is 3. The van der Waals surface area contributed by atoms with Crippen molar-refractivity contribution in [2.45, 2.75) is 12.0 Å². The largest absolute Gasteiger partial charge is 0.330 e. The van der Waals surface area contributed by atoms with Gasteiger partial charge in [-0.15, -0.1) is 0 Å². The molecule has 0 unspecified atom stereocenters. The van der Waals surface area contributed by atoms with Gasteiger partial charge in [0.1, 0.15) is 5.54 Å². The highest BCUT2D eigenvalue weighted by atomic mass is 19.1. The van der Waals surface area contributed by atoms with Crippen LogP contribution in [0.25, 0.3) is 0 Å². The second-order valence-electron chi connectivity index (χ2n) is 6.72. The van der Waals surface area contributed by atoms with Crippen LogP contribution in [0.3, 0.4) is 0 Å². The maximum atomic E-state index is 15.3. The van der Waals surface area contributed by atoms with Crippen LogP contribution in [-0.4, -0.2) is 16.1 Å². The molecule has 0 spiro atoms. The van der Waals surface area contributed by atoms with Crippen molar-refractivity contribution in [3.8, 4) is 0 Å². The lowest BCUT2D eigenvalue weighted by Gasteiger charge is -2.37. The van der Waals surface area contributed by atoms with E-state index in [4.69, 9.17) is 5.73 Å². The van der Waals surface area contributed by atoms with E-state index in [9.17, 15) is 0 Å². The molecular formula is C24H22FN3. The first-order valence-electron chi connectivity index (χ1n) is 9.37. The zero-order chi connectivity index (χ0) is 19.4. The van der Waals surface area contributed by atoms with Gasteiger partial charge in [0.05, 0.1) is 5.69 Å². The fraction of sp³-hybridized carbons (Fsp3) is 0.125. The Kier molecular flexibility index (Phi) is 5.04. The molecule has 0 saturated heterocycles. The third-order valence-electron chi connectivity index (χ3n) is 5.05. The Morgan fingerprint density at radius 3 is 1.57 bits per heavy atom. The molecule has 4 aromatic rings. The minimum atomic E-state index is -0.881. The van der Waals surface area contributed by atoms with Crippen LogP contribution in [0.4, 0.5) is 4.39 Å². The van der Waals surface area contributed by atoms with Crippen molar-refractivity contribution in [2.75, 3.05) is 6.54 Å². The molecule has 0 atom stereocenters. The van der Waals surface area contributed by atoms with Crippen molar-refractivity contribution in [1.82, 2.24) is 9.55 Å². The third kappa shape index (κ3) is 3.02. The van der Waals surface area contributed by atoms with Crippen LogP contribution in [-0.2, 0) is 12.0 Å². The molecule has 0 radical (unpaired) electrons. The number of imidazole rings is 1. The maximum Gasteiger partial charge on any atom is 0.290 e. The minimum Gasteiger partial charge on any atom is -0.330 e. The standard InChI is InChI=1S/C24H22FN3/c25-23-27-22(16-17-26)18-28(23)24(19-10-4-1-5-11-19,20-12-6-2-7-13-20)21-14-8-3-9-15-21/h1-15,18H,16-17,26H2. The average molecular weight is 371 g/mol.